The summed E-state index contributed by atoms with van der Waals surface area (Å²) >= 11 is 0. The second kappa shape index (κ2) is 15.3. The fraction of sp³-hybridized carbons (Fsp3) is 0.441. The van der Waals surface area contributed by atoms with Crippen LogP contribution in [0.4, 0.5) is 17.3 Å². The van der Waals surface area contributed by atoms with Gasteiger partial charge in [0.1, 0.15) is 11.0 Å². The number of ether oxygens (including phenoxy) is 1. The number of pyridine rings is 1. The van der Waals surface area contributed by atoms with Crippen LogP contribution >= 0.6 is 0 Å². The molecule has 13 heteroatoms. The van der Waals surface area contributed by atoms with Crippen molar-refractivity contribution >= 4 is 34.3 Å². The van der Waals surface area contributed by atoms with E-state index in [1.165, 1.54) is 10.9 Å². The molecule has 3 N–H and O–H groups in total. The second-order valence-corrected chi connectivity index (χ2v) is 12.2. The van der Waals surface area contributed by atoms with E-state index in [2.05, 4.69) is 43.8 Å². The molecule has 13 nitrogen and oxygen atoms in total. The van der Waals surface area contributed by atoms with Crippen molar-refractivity contribution in [1.82, 2.24) is 29.2 Å². The molecule has 0 aliphatic carbocycles. The molecule has 250 valence electrons. The molecule has 1 aromatic carbocycles. The molecular formula is C34H44N8O5. The summed E-state index contributed by atoms with van der Waals surface area (Å²) in [5.41, 5.74) is 1.42. The van der Waals surface area contributed by atoms with Gasteiger partial charge in [-0.25, -0.2) is 19.3 Å². The zero-order valence-corrected chi connectivity index (χ0v) is 27.1. The third-order valence-electron chi connectivity index (χ3n) is 8.14. The number of nitrogens with one attached hydrogen (secondary N) is 1. The molecule has 0 spiro atoms. The number of hydrogen-bond acceptors (Lipinski definition) is 10. The Morgan fingerprint density at radius 3 is 2.51 bits per heavy atom. The predicted molar refractivity (Wildman–Crippen MR) is 182 cm³/mol. The van der Waals surface area contributed by atoms with E-state index in [0.717, 1.165) is 63.4 Å². The van der Waals surface area contributed by atoms with Crippen molar-refractivity contribution in [3.8, 4) is 5.82 Å². The average molecular weight is 645 g/mol. The molecule has 47 heavy (non-hydrogen) atoms. The Hall–Kier alpha value is -4.59. The van der Waals surface area contributed by atoms with Gasteiger partial charge >= 0.3 is 5.97 Å². The van der Waals surface area contributed by atoms with Crippen LogP contribution in [0.2, 0.25) is 0 Å². The highest BCUT2D eigenvalue weighted by Crippen LogP contribution is 2.24. The fourth-order valence-electron chi connectivity index (χ4n) is 5.58. The maximum Gasteiger partial charge on any atom is 0.305 e. The number of carbonyl (C=O) groups is 1. The van der Waals surface area contributed by atoms with E-state index in [9.17, 15) is 14.7 Å². The fourth-order valence-corrected chi connectivity index (χ4v) is 5.58. The molecule has 5 rings (SSSR count). The number of aliphatic carboxylic acids is 1. The van der Waals surface area contributed by atoms with Crippen molar-refractivity contribution in [3.05, 3.63) is 77.4 Å². The van der Waals surface area contributed by atoms with E-state index in [-0.39, 0.29) is 25.1 Å². The van der Waals surface area contributed by atoms with Gasteiger partial charge in [0, 0.05) is 50.4 Å². The van der Waals surface area contributed by atoms with Gasteiger partial charge < -0.3 is 25.2 Å². The van der Waals surface area contributed by atoms with E-state index in [1.54, 1.807) is 42.8 Å². The summed E-state index contributed by atoms with van der Waals surface area (Å²) in [6.45, 7) is 13.2. The number of aliphatic hydroxyl groups is 1. The van der Waals surface area contributed by atoms with Crippen molar-refractivity contribution in [2.75, 3.05) is 56.2 Å². The summed E-state index contributed by atoms with van der Waals surface area (Å²) in [6, 6.07) is 13.5. The molecular weight excluding hydrogens is 600 g/mol. The van der Waals surface area contributed by atoms with Gasteiger partial charge in [0.25, 0.3) is 5.56 Å². The first-order valence-corrected chi connectivity index (χ1v) is 16.1. The van der Waals surface area contributed by atoms with E-state index in [0.29, 0.717) is 35.1 Å². The highest BCUT2D eigenvalue weighted by molar-refractivity contribution is 5.77. The minimum atomic E-state index is -1.16. The summed E-state index contributed by atoms with van der Waals surface area (Å²) in [5.74, 6) is -0.0311. The lowest BCUT2D eigenvalue weighted by Crippen LogP contribution is -2.46. The first-order chi connectivity index (χ1) is 22.6. The third-order valence-corrected chi connectivity index (χ3v) is 8.14. The Morgan fingerprint density at radius 1 is 1.04 bits per heavy atom. The van der Waals surface area contributed by atoms with Gasteiger partial charge in [0.05, 0.1) is 25.3 Å². The topological polar surface area (TPSA) is 151 Å². The van der Waals surface area contributed by atoms with Crippen LogP contribution in [0.25, 0.3) is 16.9 Å². The van der Waals surface area contributed by atoms with Gasteiger partial charge in [-0.15, -0.1) is 6.58 Å². The maximum atomic E-state index is 13.3. The lowest BCUT2D eigenvalue weighted by atomic mass is 10.1. The third kappa shape index (κ3) is 8.61. The van der Waals surface area contributed by atoms with Crippen LogP contribution in [0.1, 0.15) is 45.2 Å². The number of nitrogens with zero attached hydrogens (tertiary/aromatic N) is 7. The molecule has 0 bridgehead atoms. The molecule has 1 aliphatic heterocycles. The molecule has 1 aliphatic rings. The number of carboxylic acid groups (broad SMARTS) is 1. The van der Waals surface area contributed by atoms with E-state index >= 15 is 0 Å². The zero-order chi connectivity index (χ0) is 33.4. The Balaban J connectivity index is 1.20. The summed E-state index contributed by atoms with van der Waals surface area (Å²) < 4.78 is 8.51. The number of carboxylic acids is 1. The lowest BCUT2D eigenvalue weighted by molar-refractivity contribution is -0.138. The number of benzene rings is 1. The smallest absolute Gasteiger partial charge is 0.305 e. The van der Waals surface area contributed by atoms with Gasteiger partial charge in [0.15, 0.2) is 11.5 Å². The van der Waals surface area contributed by atoms with Gasteiger partial charge in [-0.2, -0.15) is 4.98 Å². The Bertz CT molecular complexity index is 1720. The number of anilines is 3. The van der Waals surface area contributed by atoms with Crippen LogP contribution < -0.4 is 15.8 Å². The maximum absolute atomic E-state index is 13.3. The van der Waals surface area contributed by atoms with E-state index in [4.69, 9.17) is 14.8 Å². The molecule has 0 saturated carbocycles. The van der Waals surface area contributed by atoms with Crippen molar-refractivity contribution in [3.63, 3.8) is 0 Å². The average Bonchev–Trinajstić information content (AvgIpc) is 3.33. The van der Waals surface area contributed by atoms with E-state index in [1.807, 2.05) is 12.1 Å². The first kappa shape index (κ1) is 33.8. The van der Waals surface area contributed by atoms with Crippen LogP contribution in [-0.4, -0.2) is 91.3 Å². The highest BCUT2D eigenvalue weighted by atomic mass is 16.5. The van der Waals surface area contributed by atoms with E-state index < -0.39 is 11.6 Å². The summed E-state index contributed by atoms with van der Waals surface area (Å²) in [5, 5.41) is 22.8. The minimum Gasteiger partial charge on any atom is -0.481 e. The van der Waals surface area contributed by atoms with Crippen LogP contribution in [0.5, 0.6) is 0 Å². The quantitative estimate of drug-likeness (QED) is 0.120. The molecule has 0 radical (unpaired) electrons. The number of fused-ring (bicyclic) bond motifs is 1. The normalized spacial score (nSPS) is 14.1. The number of hydrogen-bond donors (Lipinski definition) is 3. The molecule has 0 unspecified atom stereocenters. The van der Waals surface area contributed by atoms with Crippen LogP contribution in [0.3, 0.4) is 0 Å². The summed E-state index contributed by atoms with van der Waals surface area (Å²) in [7, 11) is 0. The van der Waals surface area contributed by atoms with Crippen LogP contribution in [-0.2, 0) is 21.7 Å². The zero-order valence-electron chi connectivity index (χ0n) is 27.1. The van der Waals surface area contributed by atoms with Gasteiger partial charge in [-0.1, -0.05) is 12.1 Å². The number of piperazine rings is 1. The number of allylic oxidation sites excluding steroid dienone is 1. The molecule has 4 aromatic rings. The minimum absolute atomic E-state index is 0.0598. The van der Waals surface area contributed by atoms with Crippen molar-refractivity contribution in [2.45, 2.75) is 51.7 Å². The number of unbranched alkanes of at least 4 members (excludes halogenated alkanes) is 2. The van der Waals surface area contributed by atoms with Crippen LogP contribution in [0.15, 0.2) is 66.1 Å². The highest BCUT2D eigenvalue weighted by Gasteiger charge is 2.22. The van der Waals surface area contributed by atoms with Crippen molar-refractivity contribution in [1.29, 1.82) is 0 Å². The number of rotatable bonds is 16. The Kier molecular flexibility index (Phi) is 11.0. The molecule has 0 atom stereocenters. The standard InChI is InChI=1S/C34H44N8O5/c1-4-16-41-32(45)27-24-35-33(38-31(27)42(41)29-10-8-9-28(37-29)34(2,3)46)36-25-11-13-26(14-12-25)40-20-18-39(19-21-40)17-6-5-7-22-47-23-15-30(43)44/h4,8-14,24,46H,1,5-7,15-23H2,2-3H3,(H,43,44)(H,35,36,38). The van der Waals surface area contributed by atoms with Crippen LogP contribution in [0, 0.1) is 0 Å². The Morgan fingerprint density at radius 2 is 1.81 bits per heavy atom. The largest absolute Gasteiger partial charge is 0.481 e. The summed E-state index contributed by atoms with van der Waals surface area (Å²) in [6.07, 6.45) is 6.35. The predicted octanol–water partition coefficient (Wildman–Crippen LogP) is 3.92. The summed E-state index contributed by atoms with van der Waals surface area (Å²) in [4.78, 5) is 42.5. The molecule has 1 saturated heterocycles. The SMILES string of the molecule is C=CCn1c(=O)c2cnc(Nc3ccc(N4CCN(CCCCCOCCC(=O)O)CC4)cc3)nc2n1-c1cccc(C(C)(C)O)n1. The monoisotopic (exact) mass is 644 g/mol. The molecule has 4 heterocycles. The van der Waals surface area contributed by atoms with Crippen molar-refractivity contribution < 1.29 is 19.7 Å². The Labute approximate surface area is 274 Å². The van der Waals surface area contributed by atoms with Crippen molar-refractivity contribution in [2.24, 2.45) is 0 Å². The van der Waals surface area contributed by atoms with Gasteiger partial charge in [-0.05, 0) is 76.1 Å². The second-order valence-electron chi connectivity index (χ2n) is 12.2. The molecule has 0 amide bonds. The molecule has 3 aromatic heterocycles. The van der Waals surface area contributed by atoms with Gasteiger partial charge in [-0.3, -0.25) is 14.5 Å². The first-order valence-electron chi connectivity index (χ1n) is 16.1. The number of aromatic nitrogens is 5. The lowest BCUT2D eigenvalue weighted by Gasteiger charge is -2.36. The van der Waals surface area contributed by atoms with Gasteiger partial charge in [0.2, 0.25) is 5.95 Å². The molecule has 1 fully saturated rings.